The van der Waals surface area contributed by atoms with E-state index in [9.17, 15) is 0 Å². The molecule has 0 aromatic heterocycles. The molecule has 1 aromatic carbocycles. The van der Waals surface area contributed by atoms with Gasteiger partial charge in [-0.2, -0.15) is 0 Å². The van der Waals surface area contributed by atoms with Crippen LogP contribution in [0, 0.1) is 6.92 Å². The van der Waals surface area contributed by atoms with Gasteiger partial charge in [-0.1, -0.05) is 71.4 Å². The first kappa shape index (κ1) is 18.5. The average Bonchev–Trinajstić information content (AvgIpc) is 3.16. The van der Waals surface area contributed by atoms with Crippen LogP contribution in [0.3, 0.4) is 0 Å². The fourth-order valence-electron chi connectivity index (χ4n) is 1.38. The highest BCUT2D eigenvalue weighted by Gasteiger charge is 2.39. The van der Waals surface area contributed by atoms with Gasteiger partial charge in [-0.15, -0.1) is 0 Å². The van der Waals surface area contributed by atoms with Crippen molar-refractivity contribution >= 4 is 0 Å². The van der Waals surface area contributed by atoms with E-state index in [0.29, 0.717) is 0 Å². The Bertz CT molecular complexity index is 275. The Morgan fingerprint density at radius 3 is 1.76 bits per heavy atom. The highest BCUT2D eigenvalue weighted by molar-refractivity contribution is 5.32. The average molecular weight is 237 g/mol. The zero-order valence-electron chi connectivity index (χ0n) is 12.8. The molecule has 1 heteroatoms. The Morgan fingerprint density at radius 1 is 0.941 bits per heavy atom. The molecule has 0 saturated heterocycles. The van der Waals surface area contributed by atoms with Gasteiger partial charge < -0.3 is 5.73 Å². The minimum Gasteiger partial charge on any atom is -0.321 e. The van der Waals surface area contributed by atoms with E-state index in [-0.39, 0.29) is 5.54 Å². The quantitative estimate of drug-likeness (QED) is 0.729. The SMILES string of the molecule is CC.CC.CC.Cc1cccc(C2(N)CC2)c1. The molecule has 0 amide bonds. The van der Waals surface area contributed by atoms with Crippen molar-refractivity contribution in [2.24, 2.45) is 5.73 Å². The van der Waals surface area contributed by atoms with E-state index in [1.807, 2.05) is 41.5 Å². The topological polar surface area (TPSA) is 26.0 Å². The molecule has 0 spiro atoms. The Hall–Kier alpha value is -0.820. The van der Waals surface area contributed by atoms with Gasteiger partial charge in [0.05, 0.1) is 0 Å². The maximum absolute atomic E-state index is 6.04. The molecule has 1 nitrogen and oxygen atoms in total. The van der Waals surface area contributed by atoms with Crippen molar-refractivity contribution in [2.45, 2.75) is 66.8 Å². The summed E-state index contributed by atoms with van der Waals surface area (Å²) < 4.78 is 0. The lowest BCUT2D eigenvalue weighted by Crippen LogP contribution is -2.18. The van der Waals surface area contributed by atoms with Crippen LogP contribution in [0.25, 0.3) is 0 Å². The fraction of sp³-hybridized carbons (Fsp3) is 0.625. The van der Waals surface area contributed by atoms with Crippen LogP contribution < -0.4 is 5.73 Å². The van der Waals surface area contributed by atoms with Crippen molar-refractivity contribution in [3.8, 4) is 0 Å². The van der Waals surface area contributed by atoms with E-state index in [4.69, 9.17) is 5.73 Å². The second kappa shape index (κ2) is 10.3. The molecule has 1 saturated carbocycles. The van der Waals surface area contributed by atoms with Crippen molar-refractivity contribution in [3.63, 3.8) is 0 Å². The summed E-state index contributed by atoms with van der Waals surface area (Å²) in [6.45, 7) is 14.1. The van der Waals surface area contributed by atoms with Gasteiger partial charge in [0.2, 0.25) is 0 Å². The summed E-state index contributed by atoms with van der Waals surface area (Å²) in [5.41, 5.74) is 8.68. The minimum absolute atomic E-state index is 0.0338. The van der Waals surface area contributed by atoms with Crippen LogP contribution in [-0.2, 0) is 5.54 Å². The Labute approximate surface area is 108 Å². The molecule has 1 aromatic rings. The van der Waals surface area contributed by atoms with E-state index < -0.39 is 0 Å². The standard InChI is InChI=1S/C10H13N.3C2H6/c1-8-3-2-4-9(7-8)10(11)5-6-10;3*1-2/h2-4,7H,5-6,11H2,1H3;3*1-2H3. The number of hydrogen-bond donors (Lipinski definition) is 1. The van der Waals surface area contributed by atoms with Crippen molar-refractivity contribution < 1.29 is 0 Å². The molecule has 0 atom stereocenters. The summed E-state index contributed by atoms with van der Waals surface area (Å²) in [5, 5.41) is 0. The number of hydrogen-bond acceptors (Lipinski definition) is 1. The van der Waals surface area contributed by atoms with E-state index in [1.165, 1.54) is 11.1 Å². The predicted octanol–water partition coefficient (Wildman–Crippen LogP) is 5.02. The third kappa shape index (κ3) is 6.48. The number of aryl methyl sites for hydroxylation is 1. The van der Waals surface area contributed by atoms with Crippen molar-refractivity contribution in [3.05, 3.63) is 35.4 Å². The molecule has 0 radical (unpaired) electrons. The van der Waals surface area contributed by atoms with Crippen LogP contribution >= 0.6 is 0 Å². The molecule has 0 unspecified atom stereocenters. The predicted molar refractivity (Wildman–Crippen MR) is 80.3 cm³/mol. The lowest BCUT2D eigenvalue weighted by atomic mass is 10.0. The minimum atomic E-state index is 0.0338. The smallest absolute Gasteiger partial charge is 0.0411 e. The zero-order chi connectivity index (χ0) is 13.9. The molecule has 2 rings (SSSR count). The summed E-state index contributed by atoms with van der Waals surface area (Å²) in [7, 11) is 0. The first-order valence-corrected chi connectivity index (χ1v) is 7.07. The molecule has 100 valence electrons. The lowest BCUT2D eigenvalue weighted by molar-refractivity contribution is 0.739. The van der Waals surface area contributed by atoms with Gasteiger partial charge >= 0.3 is 0 Å². The van der Waals surface area contributed by atoms with E-state index in [2.05, 4.69) is 31.2 Å². The number of rotatable bonds is 1. The molecule has 0 aliphatic heterocycles. The lowest BCUT2D eigenvalue weighted by Gasteiger charge is -2.08. The monoisotopic (exact) mass is 237 g/mol. The first-order valence-electron chi connectivity index (χ1n) is 7.07. The molecule has 2 N–H and O–H groups in total. The third-order valence-corrected chi connectivity index (χ3v) is 2.38. The van der Waals surface area contributed by atoms with E-state index in [1.54, 1.807) is 0 Å². The molecule has 17 heavy (non-hydrogen) atoms. The normalized spacial score (nSPS) is 13.9. The van der Waals surface area contributed by atoms with Gasteiger partial charge in [0.25, 0.3) is 0 Å². The summed E-state index contributed by atoms with van der Waals surface area (Å²) >= 11 is 0. The van der Waals surface area contributed by atoms with Gasteiger partial charge in [-0.05, 0) is 25.3 Å². The zero-order valence-corrected chi connectivity index (χ0v) is 12.8. The molecular weight excluding hydrogens is 206 g/mol. The maximum atomic E-state index is 6.04. The molecule has 1 aliphatic carbocycles. The van der Waals surface area contributed by atoms with Crippen LogP contribution in [0.2, 0.25) is 0 Å². The summed E-state index contributed by atoms with van der Waals surface area (Å²) in [4.78, 5) is 0. The van der Waals surface area contributed by atoms with Crippen LogP contribution in [0.4, 0.5) is 0 Å². The van der Waals surface area contributed by atoms with Crippen LogP contribution in [0.5, 0.6) is 0 Å². The van der Waals surface area contributed by atoms with Crippen molar-refractivity contribution in [1.82, 2.24) is 0 Å². The second-order valence-electron chi connectivity index (χ2n) is 3.53. The Morgan fingerprint density at radius 2 is 1.41 bits per heavy atom. The summed E-state index contributed by atoms with van der Waals surface area (Å²) in [6.07, 6.45) is 2.30. The van der Waals surface area contributed by atoms with Gasteiger partial charge in [-0.3, -0.25) is 0 Å². The van der Waals surface area contributed by atoms with Crippen LogP contribution in [0.1, 0.15) is 65.5 Å². The third-order valence-electron chi connectivity index (χ3n) is 2.38. The second-order valence-corrected chi connectivity index (χ2v) is 3.53. The highest BCUT2D eigenvalue weighted by Crippen LogP contribution is 2.42. The molecule has 0 heterocycles. The van der Waals surface area contributed by atoms with Crippen molar-refractivity contribution in [2.75, 3.05) is 0 Å². The fourth-order valence-corrected chi connectivity index (χ4v) is 1.38. The summed E-state index contributed by atoms with van der Waals surface area (Å²) in [6, 6.07) is 8.50. The molecular formula is C16H31N. The van der Waals surface area contributed by atoms with Gasteiger partial charge in [0.1, 0.15) is 0 Å². The summed E-state index contributed by atoms with van der Waals surface area (Å²) in [5.74, 6) is 0. The Balaban J connectivity index is 0. The molecule has 1 fully saturated rings. The highest BCUT2D eigenvalue weighted by atomic mass is 14.8. The largest absolute Gasteiger partial charge is 0.321 e. The van der Waals surface area contributed by atoms with Crippen LogP contribution in [-0.4, -0.2) is 0 Å². The van der Waals surface area contributed by atoms with E-state index in [0.717, 1.165) is 12.8 Å². The first-order chi connectivity index (χ1) is 8.21. The number of nitrogens with two attached hydrogens (primary N) is 1. The molecule has 1 aliphatic rings. The van der Waals surface area contributed by atoms with Crippen molar-refractivity contribution in [1.29, 1.82) is 0 Å². The molecule has 0 bridgehead atoms. The van der Waals surface area contributed by atoms with Crippen LogP contribution in [0.15, 0.2) is 24.3 Å². The van der Waals surface area contributed by atoms with Gasteiger partial charge in [-0.25, -0.2) is 0 Å². The van der Waals surface area contributed by atoms with Gasteiger partial charge in [0.15, 0.2) is 0 Å². The number of benzene rings is 1. The van der Waals surface area contributed by atoms with Gasteiger partial charge in [0, 0.05) is 5.54 Å². The van der Waals surface area contributed by atoms with E-state index >= 15 is 0 Å². The maximum Gasteiger partial charge on any atom is 0.0411 e. The Kier molecular flexibility index (Phi) is 11.3.